The number of halogens is 1. The van der Waals surface area contributed by atoms with Crippen LogP contribution in [0.2, 0.25) is 5.02 Å². The van der Waals surface area contributed by atoms with Crippen LogP contribution in [0.3, 0.4) is 0 Å². The zero-order chi connectivity index (χ0) is 23.9. The van der Waals surface area contributed by atoms with E-state index in [4.69, 9.17) is 25.6 Å². The molecule has 9 heteroatoms. The largest absolute Gasteiger partial charge is 0.496 e. The maximum atomic E-state index is 12.8. The molecular weight excluding hydrogens is 431 g/mol. The molecule has 1 aromatic rings. The van der Waals surface area contributed by atoms with Crippen LogP contribution in [0.4, 0.5) is 10.5 Å². The average Bonchev–Trinajstić information content (AvgIpc) is 2.87. The van der Waals surface area contributed by atoms with Crippen molar-refractivity contribution in [3.63, 3.8) is 0 Å². The van der Waals surface area contributed by atoms with Crippen LogP contribution in [0.25, 0.3) is 0 Å². The van der Waals surface area contributed by atoms with Crippen molar-refractivity contribution < 1.29 is 23.6 Å². The molecule has 176 valence electrons. The fourth-order valence-corrected chi connectivity index (χ4v) is 3.93. The fraction of sp³-hybridized carbons (Fsp3) is 0.652. The maximum Gasteiger partial charge on any atom is 0.496 e. The third-order valence-corrected chi connectivity index (χ3v) is 6.62. The van der Waals surface area contributed by atoms with Crippen LogP contribution in [0, 0.1) is 5.92 Å². The smallest absolute Gasteiger partial charge is 0.444 e. The van der Waals surface area contributed by atoms with Gasteiger partial charge in [0.1, 0.15) is 5.60 Å². The number of ether oxygens (including phenoxy) is 1. The van der Waals surface area contributed by atoms with Crippen molar-refractivity contribution in [2.45, 2.75) is 78.1 Å². The van der Waals surface area contributed by atoms with Crippen LogP contribution in [0.1, 0.15) is 61.3 Å². The lowest BCUT2D eigenvalue weighted by molar-refractivity contribution is -0.121. The first kappa shape index (κ1) is 24.9. The Balaban J connectivity index is 1.57. The minimum Gasteiger partial charge on any atom is -0.444 e. The summed E-state index contributed by atoms with van der Waals surface area (Å²) in [6.07, 6.45) is 0.844. The number of hydrogen-bond acceptors (Lipinski definition) is 5. The Morgan fingerprint density at radius 1 is 1.12 bits per heavy atom. The van der Waals surface area contributed by atoms with Crippen molar-refractivity contribution >= 4 is 41.9 Å². The number of likely N-dealkylation sites (tertiary alicyclic amines) is 1. The first-order valence-corrected chi connectivity index (χ1v) is 11.5. The topological polar surface area (TPSA) is 77.1 Å². The van der Waals surface area contributed by atoms with Gasteiger partial charge in [-0.3, -0.25) is 4.79 Å². The highest BCUT2D eigenvalue weighted by Gasteiger charge is 2.52. The molecule has 2 aliphatic heterocycles. The van der Waals surface area contributed by atoms with E-state index in [9.17, 15) is 9.59 Å². The Labute approximate surface area is 196 Å². The molecule has 3 rings (SSSR count). The lowest BCUT2D eigenvalue weighted by Crippen LogP contribution is -2.43. The van der Waals surface area contributed by atoms with Crippen LogP contribution < -0.4 is 10.8 Å². The first-order valence-electron chi connectivity index (χ1n) is 11.1. The Hall–Kier alpha value is -1.77. The molecule has 0 unspecified atom stereocenters. The second kappa shape index (κ2) is 8.88. The number of hydrogen-bond donors (Lipinski definition) is 1. The monoisotopic (exact) mass is 464 g/mol. The van der Waals surface area contributed by atoms with Crippen LogP contribution in [0.15, 0.2) is 18.2 Å². The van der Waals surface area contributed by atoms with Gasteiger partial charge in [-0.25, -0.2) is 4.79 Å². The van der Waals surface area contributed by atoms with Gasteiger partial charge in [0.05, 0.1) is 11.2 Å². The minimum absolute atomic E-state index is 0.0757. The summed E-state index contributed by atoms with van der Waals surface area (Å²) in [5.74, 6) is -0.247. The molecule has 0 aromatic heterocycles. The van der Waals surface area contributed by atoms with Gasteiger partial charge in [-0.05, 0) is 73.4 Å². The molecule has 7 nitrogen and oxygen atoms in total. The standard InChI is InChI=1S/C23H34BClN2O5/c1-21(2,3)30-20(29)27-12-10-15(11-13-27)19(28)26-16-8-9-17(18(25)14-16)24-31-22(4,5)23(6,7)32-24/h8-9,14-15H,10-13H2,1-7H3,(H,26,28). The SMILES string of the molecule is CC(C)(C)OC(=O)N1CCC(C(=O)Nc2ccc(B3OC(C)(C)C(C)(C)O3)c(Cl)c2)CC1. The van der Waals surface area contributed by atoms with Crippen molar-refractivity contribution in [2.75, 3.05) is 18.4 Å². The third kappa shape index (κ3) is 5.59. The first-order chi connectivity index (χ1) is 14.7. The second-order valence-electron chi connectivity index (χ2n) is 10.6. The summed E-state index contributed by atoms with van der Waals surface area (Å²) in [5.41, 5.74) is -0.0928. The lowest BCUT2D eigenvalue weighted by atomic mass is 9.79. The number of anilines is 1. The van der Waals surface area contributed by atoms with Crippen LogP contribution in [-0.2, 0) is 18.8 Å². The summed E-state index contributed by atoms with van der Waals surface area (Å²) >= 11 is 6.50. The Kier molecular flexibility index (Phi) is 6.90. The number of carbonyl (C=O) groups excluding carboxylic acids is 2. The van der Waals surface area contributed by atoms with Gasteiger partial charge in [-0.1, -0.05) is 17.7 Å². The molecule has 2 fully saturated rings. The quantitative estimate of drug-likeness (QED) is 0.678. The predicted molar refractivity (Wildman–Crippen MR) is 126 cm³/mol. The highest BCUT2D eigenvalue weighted by atomic mass is 35.5. The number of nitrogens with zero attached hydrogens (tertiary/aromatic N) is 1. The van der Waals surface area contributed by atoms with Crippen molar-refractivity contribution in [3.05, 3.63) is 23.2 Å². The predicted octanol–water partition coefficient (Wildman–Crippen LogP) is 4.22. The zero-order valence-electron chi connectivity index (χ0n) is 20.1. The molecule has 2 aliphatic rings. The van der Waals surface area contributed by atoms with Gasteiger partial charge >= 0.3 is 13.2 Å². The molecule has 32 heavy (non-hydrogen) atoms. The average molecular weight is 465 g/mol. The van der Waals surface area contributed by atoms with Gasteiger partial charge in [0.2, 0.25) is 5.91 Å². The summed E-state index contributed by atoms with van der Waals surface area (Å²) in [7, 11) is -0.561. The molecule has 0 aliphatic carbocycles. The number of piperidine rings is 1. The van der Waals surface area contributed by atoms with E-state index in [0.717, 1.165) is 5.46 Å². The van der Waals surface area contributed by atoms with Crippen molar-refractivity contribution in [3.8, 4) is 0 Å². The molecular formula is C23H34BClN2O5. The summed E-state index contributed by atoms with van der Waals surface area (Å²) < 4.78 is 17.6. The molecule has 2 saturated heterocycles. The highest BCUT2D eigenvalue weighted by molar-refractivity contribution is 6.65. The highest BCUT2D eigenvalue weighted by Crippen LogP contribution is 2.37. The van der Waals surface area contributed by atoms with E-state index < -0.39 is 23.9 Å². The number of carbonyl (C=O) groups is 2. The molecule has 0 saturated carbocycles. The molecule has 0 bridgehead atoms. The van der Waals surface area contributed by atoms with E-state index in [2.05, 4.69) is 5.32 Å². The summed E-state index contributed by atoms with van der Waals surface area (Å²) in [4.78, 5) is 26.6. The van der Waals surface area contributed by atoms with Crippen molar-refractivity contribution in [1.82, 2.24) is 4.90 Å². The van der Waals surface area contributed by atoms with Gasteiger partial charge < -0.3 is 24.3 Å². The molecule has 1 N–H and O–H groups in total. The van der Waals surface area contributed by atoms with E-state index in [0.29, 0.717) is 36.6 Å². The lowest BCUT2D eigenvalue weighted by Gasteiger charge is -2.32. The normalized spacial score (nSPS) is 20.9. The van der Waals surface area contributed by atoms with E-state index in [1.165, 1.54) is 0 Å². The number of amides is 2. The summed E-state index contributed by atoms with van der Waals surface area (Å²) in [5, 5.41) is 3.42. The maximum absolute atomic E-state index is 12.8. The summed E-state index contributed by atoms with van der Waals surface area (Å²) in [6, 6.07) is 5.35. The summed E-state index contributed by atoms with van der Waals surface area (Å²) in [6.45, 7) is 14.5. The van der Waals surface area contributed by atoms with Gasteiger partial charge in [-0.15, -0.1) is 0 Å². The number of benzene rings is 1. The molecule has 0 radical (unpaired) electrons. The fourth-order valence-electron chi connectivity index (χ4n) is 3.66. The van der Waals surface area contributed by atoms with Crippen LogP contribution in [-0.4, -0.2) is 53.9 Å². The third-order valence-electron chi connectivity index (χ3n) is 6.29. The van der Waals surface area contributed by atoms with Gasteiger partial charge in [0, 0.05) is 35.2 Å². The number of rotatable bonds is 3. The Morgan fingerprint density at radius 3 is 2.19 bits per heavy atom. The number of nitrogens with one attached hydrogen (secondary N) is 1. The minimum atomic E-state index is -0.561. The van der Waals surface area contributed by atoms with E-state index >= 15 is 0 Å². The van der Waals surface area contributed by atoms with Crippen LogP contribution >= 0.6 is 11.6 Å². The van der Waals surface area contributed by atoms with E-state index in [1.54, 1.807) is 17.0 Å². The zero-order valence-corrected chi connectivity index (χ0v) is 20.8. The van der Waals surface area contributed by atoms with Gasteiger partial charge in [0.25, 0.3) is 0 Å². The molecule has 0 atom stereocenters. The van der Waals surface area contributed by atoms with E-state index in [-0.39, 0.29) is 17.9 Å². The van der Waals surface area contributed by atoms with Gasteiger partial charge in [-0.2, -0.15) is 0 Å². The molecule has 2 amide bonds. The molecule has 1 aromatic carbocycles. The molecule has 2 heterocycles. The van der Waals surface area contributed by atoms with Crippen molar-refractivity contribution in [2.24, 2.45) is 5.92 Å². The Morgan fingerprint density at radius 2 is 1.69 bits per heavy atom. The van der Waals surface area contributed by atoms with Gasteiger partial charge in [0.15, 0.2) is 0 Å². The van der Waals surface area contributed by atoms with Crippen LogP contribution in [0.5, 0.6) is 0 Å². The van der Waals surface area contributed by atoms with E-state index in [1.807, 2.05) is 54.5 Å². The molecule has 0 spiro atoms. The Bertz CT molecular complexity index is 860. The van der Waals surface area contributed by atoms with Crippen molar-refractivity contribution in [1.29, 1.82) is 0 Å². The second-order valence-corrected chi connectivity index (χ2v) is 11.0.